The monoisotopic (exact) mass is 393 g/mol. The van der Waals surface area contributed by atoms with Crippen LogP contribution >= 0.6 is 0 Å². The fraction of sp³-hybridized carbons (Fsp3) is 0.650. The van der Waals surface area contributed by atoms with Crippen LogP contribution in [0.5, 0.6) is 0 Å². The lowest BCUT2D eigenvalue weighted by Crippen LogP contribution is -2.33. The number of likely N-dealkylation sites (N-methyl/N-ethyl adjacent to an activating group) is 1. The van der Waals surface area contributed by atoms with E-state index in [2.05, 4.69) is 9.62 Å². The third-order valence-electron chi connectivity index (χ3n) is 5.79. The van der Waals surface area contributed by atoms with E-state index in [9.17, 15) is 13.2 Å². The molecule has 1 aromatic rings. The Morgan fingerprint density at radius 1 is 1.11 bits per heavy atom. The number of benzene rings is 1. The smallest absolute Gasteiger partial charge is 0.240 e. The van der Waals surface area contributed by atoms with Gasteiger partial charge in [0, 0.05) is 19.3 Å². The molecule has 0 aromatic heterocycles. The second-order valence-electron chi connectivity index (χ2n) is 8.18. The maximum atomic E-state index is 12.7. The molecule has 2 aliphatic heterocycles. The number of amides is 1. The molecule has 1 aromatic carbocycles. The van der Waals surface area contributed by atoms with Gasteiger partial charge in [0.2, 0.25) is 15.9 Å². The summed E-state index contributed by atoms with van der Waals surface area (Å²) in [6, 6.07) is 4.96. The molecule has 0 aliphatic carbocycles. The molecule has 150 valence electrons. The van der Waals surface area contributed by atoms with Crippen LogP contribution in [0.15, 0.2) is 23.1 Å². The summed E-state index contributed by atoms with van der Waals surface area (Å²) in [7, 11) is -1.85. The average Bonchev–Trinajstić information content (AvgIpc) is 2.85. The summed E-state index contributed by atoms with van der Waals surface area (Å²) >= 11 is 0. The van der Waals surface area contributed by atoms with Crippen LogP contribution in [-0.2, 0) is 20.2 Å². The standard InChI is InChI=1S/C20H31N3O3S/c1-20(2)17-15-16(9-10-18(17)22(3)19(20)24)27(25,26)21-11-8-14-23-12-6-4-5-7-13-23/h9-10,15,21H,4-8,11-14H2,1-3H3. The van der Waals surface area contributed by atoms with Crippen molar-refractivity contribution in [2.45, 2.75) is 56.3 Å². The number of carbonyl (C=O) groups is 1. The van der Waals surface area contributed by atoms with Crippen LogP contribution in [0.2, 0.25) is 0 Å². The summed E-state index contributed by atoms with van der Waals surface area (Å²) in [5.74, 6) is -0.0162. The second kappa shape index (κ2) is 7.89. The molecule has 0 spiro atoms. The molecule has 2 heterocycles. The lowest BCUT2D eigenvalue weighted by Gasteiger charge is -2.19. The predicted octanol–water partition coefficient (Wildman–Crippen LogP) is 2.49. The summed E-state index contributed by atoms with van der Waals surface area (Å²) in [4.78, 5) is 16.6. The molecule has 1 saturated heterocycles. The summed E-state index contributed by atoms with van der Waals surface area (Å²) in [6.07, 6.45) is 5.88. The Bertz CT molecular complexity index is 797. The van der Waals surface area contributed by atoms with Gasteiger partial charge in [0.25, 0.3) is 0 Å². The van der Waals surface area contributed by atoms with Crippen molar-refractivity contribution in [3.05, 3.63) is 23.8 Å². The van der Waals surface area contributed by atoms with E-state index >= 15 is 0 Å². The number of anilines is 1. The van der Waals surface area contributed by atoms with Gasteiger partial charge in [-0.25, -0.2) is 13.1 Å². The fourth-order valence-electron chi connectivity index (χ4n) is 4.07. The van der Waals surface area contributed by atoms with Crippen molar-refractivity contribution >= 4 is 21.6 Å². The number of likely N-dealkylation sites (tertiary alicyclic amines) is 1. The Morgan fingerprint density at radius 3 is 2.44 bits per heavy atom. The lowest BCUT2D eigenvalue weighted by atomic mass is 9.86. The maximum absolute atomic E-state index is 12.7. The topological polar surface area (TPSA) is 69.7 Å². The number of fused-ring (bicyclic) bond motifs is 1. The molecule has 1 fully saturated rings. The Morgan fingerprint density at radius 2 is 1.78 bits per heavy atom. The molecule has 0 unspecified atom stereocenters. The highest BCUT2D eigenvalue weighted by Gasteiger charge is 2.42. The molecule has 2 aliphatic rings. The third kappa shape index (κ3) is 4.20. The van der Waals surface area contributed by atoms with Crippen molar-refractivity contribution < 1.29 is 13.2 Å². The van der Waals surface area contributed by atoms with E-state index in [-0.39, 0.29) is 10.8 Å². The number of nitrogens with one attached hydrogen (secondary N) is 1. The number of rotatable bonds is 6. The number of sulfonamides is 1. The fourth-order valence-corrected chi connectivity index (χ4v) is 5.17. The normalized spacial score (nSPS) is 20.6. The summed E-state index contributed by atoms with van der Waals surface area (Å²) in [5, 5.41) is 0. The van der Waals surface area contributed by atoms with Crippen molar-refractivity contribution in [1.29, 1.82) is 0 Å². The first-order valence-corrected chi connectivity index (χ1v) is 11.4. The van der Waals surface area contributed by atoms with Crippen LogP contribution in [0.4, 0.5) is 5.69 Å². The largest absolute Gasteiger partial charge is 0.314 e. The van der Waals surface area contributed by atoms with Crippen LogP contribution in [0.3, 0.4) is 0 Å². The molecular formula is C20H31N3O3S. The summed E-state index contributed by atoms with van der Waals surface area (Å²) < 4.78 is 28.1. The van der Waals surface area contributed by atoms with Crippen LogP contribution in [0, 0.1) is 0 Å². The Kier molecular flexibility index (Phi) is 5.93. The van der Waals surface area contributed by atoms with Gasteiger partial charge in [-0.2, -0.15) is 0 Å². The molecule has 0 atom stereocenters. The zero-order valence-electron chi connectivity index (χ0n) is 16.6. The van der Waals surface area contributed by atoms with Gasteiger partial charge in [-0.3, -0.25) is 4.79 Å². The molecule has 7 heteroatoms. The Labute approximate surface area is 163 Å². The molecule has 27 heavy (non-hydrogen) atoms. The van der Waals surface area contributed by atoms with E-state index in [1.165, 1.54) is 25.7 Å². The highest BCUT2D eigenvalue weighted by molar-refractivity contribution is 7.89. The first kappa shape index (κ1) is 20.3. The van der Waals surface area contributed by atoms with Crippen molar-refractivity contribution in [3.63, 3.8) is 0 Å². The van der Waals surface area contributed by atoms with Crippen molar-refractivity contribution in [2.75, 3.05) is 38.1 Å². The minimum absolute atomic E-state index is 0.0162. The summed E-state index contributed by atoms with van der Waals surface area (Å²) in [6.45, 7) is 7.27. The minimum atomic E-state index is -3.58. The van der Waals surface area contributed by atoms with E-state index in [4.69, 9.17) is 0 Å². The predicted molar refractivity (Wildman–Crippen MR) is 108 cm³/mol. The number of carbonyl (C=O) groups excluding carboxylic acids is 1. The van der Waals surface area contributed by atoms with E-state index in [1.807, 2.05) is 13.8 Å². The zero-order chi connectivity index (χ0) is 19.7. The van der Waals surface area contributed by atoms with E-state index < -0.39 is 15.4 Å². The highest BCUT2D eigenvalue weighted by atomic mass is 32.2. The molecule has 1 N–H and O–H groups in total. The minimum Gasteiger partial charge on any atom is -0.314 e. The van der Waals surface area contributed by atoms with E-state index in [0.29, 0.717) is 6.54 Å². The van der Waals surface area contributed by atoms with Gasteiger partial charge < -0.3 is 9.80 Å². The maximum Gasteiger partial charge on any atom is 0.240 e. The van der Waals surface area contributed by atoms with Gasteiger partial charge >= 0.3 is 0 Å². The molecule has 6 nitrogen and oxygen atoms in total. The number of hydrogen-bond donors (Lipinski definition) is 1. The van der Waals surface area contributed by atoms with E-state index in [0.717, 1.165) is 37.3 Å². The summed E-state index contributed by atoms with van der Waals surface area (Å²) in [5.41, 5.74) is 0.843. The van der Waals surface area contributed by atoms with Gasteiger partial charge in [0.05, 0.1) is 10.3 Å². The van der Waals surface area contributed by atoms with Crippen molar-refractivity contribution in [3.8, 4) is 0 Å². The first-order valence-electron chi connectivity index (χ1n) is 9.88. The molecule has 0 bridgehead atoms. The van der Waals surface area contributed by atoms with Crippen LogP contribution in [-0.4, -0.2) is 52.5 Å². The molecule has 0 saturated carbocycles. The molecular weight excluding hydrogens is 362 g/mol. The van der Waals surface area contributed by atoms with E-state index in [1.54, 1.807) is 30.1 Å². The molecule has 3 rings (SSSR count). The van der Waals surface area contributed by atoms with Gasteiger partial charge in [0.1, 0.15) is 0 Å². The third-order valence-corrected chi connectivity index (χ3v) is 7.25. The SMILES string of the molecule is CN1C(=O)C(C)(C)c2cc(S(=O)(=O)NCCCN3CCCCCC3)ccc21. The average molecular weight is 394 g/mol. The second-order valence-corrected chi connectivity index (χ2v) is 9.94. The van der Waals surface area contributed by atoms with Crippen molar-refractivity contribution in [1.82, 2.24) is 9.62 Å². The number of hydrogen-bond acceptors (Lipinski definition) is 4. The highest BCUT2D eigenvalue weighted by Crippen LogP contribution is 2.41. The molecule has 0 radical (unpaired) electrons. The zero-order valence-corrected chi connectivity index (χ0v) is 17.4. The lowest BCUT2D eigenvalue weighted by molar-refractivity contribution is -0.121. The Hall–Kier alpha value is -1.44. The quantitative estimate of drug-likeness (QED) is 0.754. The van der Waals surface area contributed by atoms with Gasteiger partial charge in [-0.15, -0.1) is 0 Å². The van der Waals surface area contributed by atoms with Crippen molar-refractivity contribution in [2.24, 2.45) is 0 Å². The van der Waals surface area contributed by atoms with Crippen LogP contribution < -0.4 is 9.62 Å². The van der Waals surface area contributed by atoms with Gasteiger partial charge in [-0.1, -0.05) is 12.8 Å². The van der Waals surface area contributed by atoms with Crippen LogP contribution in [0.1, 0.15) is 51.5 Å². The number of nitrogens with zero attached hydrogens (tertiary/aromatic N) is 2. The van der Waals surface area contributed by atoms with Gasteiger partial charge in [-0.05, 0) is 76.5 Å². The first-order chi connectivity index (χ1) is 12.7. The molecule has 1 amide bonds. The van der Waals surface area contributed by atoms with Crippen LogP contribution in [0.25, 0.3) is 0 Å². The van der Waals surface area contributed by atoms with Gasteiger partial charge in [0.15, 0.2) is 0 Å². The Balaban J connectivity index is 1.62.